The molecule has 0 N–H and O–H groups in total. The maximum absolute atomic E-state index is 12.6. The smallest absolute Gasteiger partial charge is 0.254 e. The number of ether oxygens (including phenoxy) is 1. The number of piperidine rings is 1. The van der Waals surface area contributed by atoms with E-state index in [0.717, 1.165) is 69.3 Å². The Morgan fingerprint density at radius 3 is 2.52 bits per heavy atom. The third kappa shape index (κ3) is 4.33. The molecule has 2 heterocycles. The van der Waals surface area contributed by atoms with Crippen molar-refractivity contribution >= 4 is 5.91 Å². The molecule has 0 spiro atoms. The lowest BCUT2D eigenvalue weighted by atomic mass is 9.92. The van der Waals surface area contributed by atoms with Crippen molar-refractivity contribution in [3.8, 4) is 0 Å². The van der Waals surface area contributed by atoms with Crippen molar-refractivity contribution in [2.75, 3.05) is 45.9 Å². The molecule has 0 saturated carbocycles. The molecule has 0 aromatic heterocycles. The number of likely N-dealkylation sites (tertiary alicyclic amines) is 1. The second kappa shape index (κ2) is 7.93. The molecule has 4 nitrogen and oxygen atoms in total. The van der Waals surface area contributed by atoms with Crippen LogP contribution in [-0.4, -0.2) is 61.6 Å². The Morgan fingerprint density at radius 2 is 1.83 bits per heavy atom. The highest BCUT2D eigenvalue weighted by atomic mass is 16.5. The van der Waals surface area contributed by atoms with Crippen molar-refractivity contribution in [3.05, 3.63) is 35.4 Å². The van der Waals surface area contributed by atoms with Gasteiger partial charge < -0.3 is 9.64 Å². The third-order valence-corrected chi connectivity index (χ3v) is 5.23. The van der Waals surface area contributed by atoms with Crippen molar-refractivity contribution in [1.82, 2.24) is 9.80 Å². The van der Waals surface area contributed by atoms with Crippen LogP contribution in [0.3, 0.4) is 0 Å². The van der Waals surface area contributed by atoms with Crippen LogP contribution in [0.4, 0.5) is 0 Å². The van der Waals surface area contributed by atoms with E-state index in [1.165, 1.54) is 13.0 Å². The summed E-state index contributed by atoms with van der Waals surface area (Å²) in [5.41, 5.74) is 1.94. The van der Waals surface area contributed by atoms with Gasteiger partial charge in [-0.25, -0.2) is 0 Å². The van der Waals surface area contributed by atoms with Gasteiger partial charge in [-0.05, 0) is 50.3 Å². The Labute approximate surface area is 139 Å². The summed E-state index contributed by atoms with van der Waals surface area (Å²) < 4.78 is 5.40. The molecule has 0 aliphatic carbocycles. The van der Waals surface area contributed by atoms with Crippen molar-refractivity contribution in [2.24, 2.45) is 5.92 Å². The van der Waals surface area contributed by atoms with Crippen LogP contribution in [0.15, 0.2) is 24.3 Å². The van der Waals surface area contributed by atoms with Crippen molar-refractivity contribution in [1.29, 1.82) is 0 Å². The van der Waals surface area contributed by atoms with Crippen LogP contribution in [0.2, 0.25) is 0 Å². The molecule has 2 aliphatic heterocycles. The fraction of sp³-hybridized carbons (Fsp3) is 0.632. The number of carbonyl (C=O) groups is 1. The molecule has 4 heteroatoms. The average molecular weight is 316 g/mol. The van der Waals surface area contributed by atoms with Gasteiger partial charge in [-0.15, -0.1) is 0 Å². The van der Waals surface area contributed by atoms with E-state index < -0.39 is 0 Å². The maximum Gasteiger partial charge on any atom is 0.254 e. The molecule has 23 heavy (non-hydrogen) atoms. The van der Waals surface area contributed by atoms with Crippen LogP contribution in [0.1, 0.15) is 35.2 Å². The summed E-state index contributed by atoms with van der Waals surface area (Å²) in [4.78, 5) is 17.2. The summed E-state index contributed by atoms with van der Waals surface area (Å²) in [6.07, 6.45) is 3.54. The zero-order chi connectivity index (χ0) is 16.1. The van der Waals surface area contributed by atoms with Gasteiger partial charge in [0.15, 0.2) is 0 Å². The summed E-state index contributed by atoms with van der Waals surface area (Å²) in [6, 6.07) is 7.91. The minimum atomic E-state index is 0.203. The largest absolute Gasteiger partial charge is 0.379 e. The SMILES string of the molecule is Cc1ccccc1C(=O)N1CCC(CCN2CCOCC2)CC1. The lowest BCUT2D eigenvalue weighted by molar-refractivity contribution is 0.0332. The van der Waals surface area contributed by atoms with Gasteiger partial charge in [0.25, 0.3) is 5.91 Å². The Balaban J connectivity index is 1.44. The van der Waals surface area contributed by atoms with Gasteiger partial charge >= 0.3 is 0 Å². The van der Waals surface area contributed by atoms with E-state index in [2.05, 4.69) is 4.90 Å². The molecule has 0 bridgehead atoms. The van der Waals surface area contributed by atoms with E-state index in [1.807, 2.05) is 36.1 Å². The topological polar surface area (TPSA) is 32.8 Å². The summed E-state index contributed by atoms with van der Waals surface area (Å²) in [5, 5.41) is 0. The summed E-state index contributed by atoms with van der Waals surface area (Å²) >= 11 is 0. The lowest BCUT2D eigenvalue weighted by Gasteiger charge is -2.34. The van der Waals surface area contributed by atoms with Gasteiger partial charge in [0, 0.05) is 31.7 Å². The van der Waals surface area contributed by atoms with Crippen molar-refractivity contribution in [3.63, 3.8) is 0 Å². The van der Waals surface area contributed by atoms with Gasteiger partial charge in [0.2, 0.25) is 0 Å². The van der Waals surface area contributed by atoms with Crippen LogP contribution < -0.4 is 0 Å². The van der Waals surface area contributed by atoms with Crippen LogP contribution in [0.5, 0.6) is 0 Å². The zero-order valence-electron chi connectivity index (χ0n) is 14.2. The first kappa shape index (κ1) is 16.5. The summed E-state index contributed by atoms with van der Waals surface area (Å²) in [6.45, 7) is 8.91. The Hall–Kier alpha value is -1.39. The highest BCUT2D eigenvalue weighted by molar-refractivity contribution is 5.95. The van der Waals surface area contributed by atoms with E-state index in [1.54, 1.807) is 0 Å². The maximum atomic E-state index is 12.6. The molecule has 126 valence electrons. The Bertz CT molecular complexity index is 518. The second-order valence-electron chi connectivity index (χ2n) is 6.79. The molecule has 0 radical (unpaired) electrons. The minimum absolute atomic E-state index is 0.203. The number of rotatable bonds is 4. The summed E-state index contributed by atoms with van der Waals surface area (Å²) in [5.74, 6) is 0.966. The highest BCUT2D eigenvalue weighted by Crippen LogP contribution is 2.23. The zero-order valence-corrected chi connectivity index (χ0v) is 14.2. The van der Waals surface area contributed by atoms with Crippen molar-refractivity contribution in [2.45, 2.75) is 26.2 Å². The first-order valence-corrected chi connectivity index (χ1v) is 8.89. The number of benzene rings is 1. The van der Waals surface area contributed by atoms with Crippen LogP contribution in [0, 0.1) is 12.8 Å². The molecule has 1 amide bonds. The van der Waals surface area contributed by atoms with Gasteiger partial charge in [0.1, 0.15) is 0 Å². The second-order valence-corrected chi connectivity index (χ2v) is 6.79. The molecule has 1 aromatic rings. The number of nitrogens with zero attached hydrogens (tertiary/aromatic N) is 2. The van der Waals surface area contributed by atoms with Crippen LogP contribution >= 0.6 is 0 Å². The quantitative estimate of drug-likeness (QED) is 0.856. The van der Waals surface area contributed by atoms with Gasteiger partial charge in [-0.1, -0.05) is 18.2 Å². The predicted molar refractivity (Wildman–Crippen MR) is 91.7 cm³/mol. The molecule has 2 fully saturated rings. The van der Waals surface area contributed by atoms with Gasteiger partial charge in [-0.2, -0.15) is 0 Å². The molecule has 2 saturated heterocycles. The molecular weight excluding hydrogens is 288 g/mol. The Kier molecular flexibility index (Phi) is 5.68. The lowest BCUT2D eigenvalue weighted by Crippen LogP contribution is -2.41. The molecule has 0 unspecified atom stereocenters. The summed E-state index contributed by atoms with van der Waals surface area (Å²) in [7, 11) is 0. The Morgan fingerprint density at radius 1 is 1.13 bits per heavy atom. The van der Waals surface area contributed by atoms with Crippen molar-refractivity contribution < 1.29 is 9.53 Å². The van der Waals surface area contributed by atoms with Crippen LogP contribution in [0.25, 0.3) is 0 Å². The highest BCUT2D eigenvalue weighted by Gasteiger charge is 2.24. The number of hydrogen-bond donors (Lipinski definition) is 0. The van der Waals surface area contributed by atoms with E-state index >= 15 is 0 Å². The molecule has 3 rings (SSSR count). The first-order chi connectivity index (χ1) is 11.2. The average Bonchev–Trinajstić information content (AvgIpc) is 2.61. The number of aryl methyl sites for hydroxylation is 1. The molecule has 2 aliphatic rings. The van der Waals surface area contributed by atoms with Gasteiger partial charge in [-0.3, -0.25) is 9.69 Å². The molecule has 1 aromatic carbocycles. The number of hydrogen-bond acceptors (Lipinski definition) is 3. The van der Waals surface area contributed by atoms with Gasteiger partial charge in [0.05, 0.1) is 13.2 Å². The van der Waals surface area contributed by atoms with E-state index in [0.29, 0.717) is 0 Å². The standard InChI is InChI=1S/C19H28N2O2/c1-16-4-2-3-5-18(16)19(22)21-10-7-17(8-11-21)6-9-20-12-14-23-15-13-20/h2-5,17H,6-15H2,1H3. The monoisotopic (exact) mass is 316 g/mol. The van der Waals surface area contributed by atoms with E-state index in [-0.39, 0.29) is 5.91 Å². The fourth-order valence-corrected chi connectivity index (χ4v) is 3.60. The van der Waals surface area contributed by atoms with E-state index in [4.69, 9.17) is 4.74 Å². The third-order valence-electron chi connectivity index (χ3n) is 5.23. The minimum Gasteiger partial charge on any atom is -0.379 e. The fourth-order valence-electron chi connectivity index (χ4n) is 3.60. The normalized spacial score (nSPS) is 20.7. The van der Waals surface area contributed by atoms with Crippen LogP contribution in [-0.2, 0) is 4.74 Å². The predicted octanol–water partition coefficient (Wildman–Crippen LogP) is 2.57. The van der Waals surface area contributed by atoms with E-state index in [9.17, 15) is 4.79 Å². The number of morpholine rings is 1. The number of amides is 1. The molecular formula is C19H28N2O2. The first-order valence-electron chi connectivity index (χ1n) is 8.89. The molecule has 0 atom stereocenters. The number of carbonyl (C=O) groups excluding carboxylic acids is 1.